The standard InChI is InChI=1S/C11H17ClN2S/c12-8-11-14-13-10(15-11)7-6-9-4-2-1-3-5-9/h9H,1-8H2. The van der Waals surface area contributed by atoms with Crippen LogP contribution in [-0.2, 0) is 12.3 Å². The van der Waals surface area contributed by atoms with Crippen LogP contribution in [0.2, 0.25) is 0 Å². The third-order valence-corrected chi connectivity index (χ3v) is 4.51. The number of halogens is 1. The Morgan fingerprint density at radius 3 is 2.53 bits per heavy atom. The molecule has 0 N–H and O–H groups in total. The Kier molecular flexibility index (Phi) is 4.39. The van der Waals surface area contributed by atoms with Crippen LogP contribution >= 0.6 is 22.9 Å². The summed E-state index contributed by atoms with van der Waals surface area (Å²) in [5, 5.41) is 10.3. The summed E-state index contributed by atoms with van der Waals surface area (Å²) in [5.74, 6) is 1.43. The fraction of sp³-hybridized carbons (Fsp3) is 0.818. The molecule has 2 rings (SSSR count). The van der Waals surface area contributed by atoms with Crippen molar-refractivity contribution in [3.63, 3.8) is 0 Å². The molecule has 4 heteroatoms. The Labute approximate surface area is 100 Å². The van der Waals surface area contributed by atoms with Crippen molar-refractivity contribution in [3.05, 3.63) is 10.0 Å². The first kappa shape index (κ1) is 11.3. The van der Waals surface area contributed by atoms with Gasteiger partial charge in [-0.2, -0.15) is 0 Å². The Hall–Kier alpha value is -0.150. The van der Waals surface area contributed by atoms with E-state index < -0.39 is 0 Å². The van der Waals surface area contributed by atoms with Gasteiger partial charge in [0.15, 0.2) is 0 Å². The molecule has 1 fully saturated rings. The molecule has 1 aliphatic carbocycles. The van der Waals surface area contributed by atoms with E-state index in [2.05, 4.69) is 10.2 Å². The van der Waals surface area contributed by atoms with Crippen LogP contribution in [0.4, 0.5) is 0 Å². The predicted octanol–water partition coefficient (Wildman–Crippen LogP) is 3.79. The van der Waals surface area contributed by atoms with Crippen molar-refractivity contribution in [2.24, 2.45) is 5.92 Å². The zero-order valence-corrected chi connectivity index (χ0v) is 10.5. The van der Waals surface area contributed by atoms with E-state index >= 15 is 0 Å². The molecule has 0 aliphatic heterocycles. The fourth-order valence-electron chi connectivity index (χ4n) is 2.25. The molecule has 0 radical (unpaired) electrons. The number of nitrogens with zero attached hydrogens (tertiary/aromatic N) is 2. The van der Waals surface area contributed by atoms with E-state index in [0.29, 0.717) is 5.88 Å². The van der Waals surface area contributed by atoms with Gasteiger partial charge >= 0.3 is 0 Å². The summed E-state index contributed by atoms with van der Waals surface area (Å²) in [6.07, 6.45) is 9.51. The summed E-state index contributed by atoms with van der Waals surface area (Å²) < 4.78 is 0. The number of alkyl halides is 1. The van der Waals surface area contributed by atoms with Crippen molar-refractivity contribution in [1.82, 2.24) is 10.2 Å². The molecule has 0 aromatic carbocycles. The normalized spacial score (nSPS) is 18.2. The molecule has 1 aromatic heterocycles. The summed E-state index contributed by atoms with van der Waals surface area (Å²) in [5.41, 5.74) is 0. The monoisotopic (exact) mass is 244 g/mol. The van der Waals surface area contributed by atoms with Gasteiger partial charge in [-0.25, -0.2) is 0 Å². The van der Waals surface area contributed by atoms with Gasteiger partial charge in [0.2, 0.25) is 0 Å². The van der Waals surface area contributed by atoms with Crippen molar-refractivity contribution in [3.8, 4) is 0 Å². The minimum absolute atomic E-state index is 0.501. The number of aryl methyl sites for hydroxylation is 1. The van der Waals surface area contributed by atoms with Crippen LogP contribution < -0.4 is 0 Å². The predicted molar refractivity (Wildman–Crippen MR) is 64.4 cm³/mol. The second-order valence-electron chi connectivity index (χ2n) is 4.27. The summed E-state index contributed by atoms with van der Waals surface area (Å²) >= 11 is 7.36. The molecular formula is C11H17ClN2S. The highest BCUT2D eigenvalue weighted by atomic mass is 35.5. The number of rotatable bonds is 4. The van der Waals surface area contributed by atoms with Crippen molar-refractivity contribution < 1.29 is 0 Å². The first-order chi connectivity index (χ1) is 7.38. The van der Waals surface area contributed by atoms with Gasteiger partial charge in [-0.05, 0) is 12.3 Å². The number of aromatic nitrogens is 2. The van der Waals surface area contributed by atoms with E-state index in [1.54, 1.807) is 11.3 Å². The molecule has 0 bridgehead atoms. The molecule has 15 heavy (non-hydrogen) atoms. The highest BCUT2D eigenvalue weighted by Crippen LogP contribution is 2.27. The first-order valence-electron chi connectivity index (χ1n) is 5.75. The quantitative estimate of drug-likeness (QED) is 0.754. The van der Waals surface area contributed by atoms with E-state index in [1.165, 1.54) is 38.5 Å². The lowest BCUT2D eigenvalue weighted by Crippen LogP contribution is -2.07. The zero-order valence-electron chi connectivity index (χ0n) is 8.91. The van der Waals surface area contributed by atoms with E-state index in [0.717, 1.165) is 22.4 Å². The first-order valence-corrected chi connectivity index (χ1v) is 7.11. The second kappa shape index (κ2) is 5.80. The topological polar surface area (TPSA) is 25.8 Å². The van der Waals surface area contributed by atoms with Gasteiger partial charge in [0.05, 0.1) is 5.88 Å². The lowest BCUT2D eigenvalue weighted by Gasteiger charge is -2.20. The SMILES string of the molecule is ClCc1nnc(CCC2CCCCC2)s1. The highest BCUT2D eigenvalue weighted by Gasteiger charge is 2.14. The van der Waals surface area contributed by atoms with Gasteiger partial charge < -0.3 is 0 Å². The van der Waals surface area contributed by atoms with Crippen LogP contribution in [0, 0.1) is 5.92 Å². The minimum Gasteiger partial charge on any atom is -0.144 e. The molecule has 2 nitrogen and oxygen atoms in total. The Bertz CT molecular complexity index is 295. The van der Waals surface area contributed by atoms with E-state index in [-0.39, 0.29) is 0 Å². The molecule has 0 unspecified atom stereocenters. The lowest BCUT2D eigenvalue weighted by atomic mass is 9.86. The minimum atomic E-state index is 0.501. The van der Waals surface area contributed by atoms with Crippen molar-refractivity contribution in [1.29, 1.82) is 0 Å². The molecule has 1 aromatic rings. The van der Waals surface area contributed by atoms with Crippen LogP contribution in [0.3, 0.4) is 0 Å². The fourth-order valence-corrected chi connectivity index (χ4v) is 3.17. The van der Waals surface area contributed by atoms with Crippen LogP contribution in [-0.4, -0.2) is 10.2 Å². The maximum atomic E-state index is 5.70. The third-order valence-electron chi connectivity index (χ3n) is 3.11. The van der Waals surface area contributed by atoms with Crippen LogP contribution in [0.5, 0.6) is 0 Å². The van der Waals surface area contributed by atoms with Gasteiger partial charge in [-0.1, -0.05) is 32.1 Å². The Morgan fingerprint density at radius 1 is 1.13 bits per heavy atom. The maximum absolute atomic E-state index is 5.70. The molecular weight excluding hydrogens is 228 g/mol. The molecule has 0 amide bonds. The molecule has 84 valence electrons. The summed E-state index contributed by atoms with van der Waals surface area (Å²) in [6.45, 7) is 0. The van der Waals surface area contributed by atoms with Crippen molar-refractivity contribution in [2.75, 3.05) is 0 Å². The smallest absolute Gasteiger partial charge is 0.132 e. The van der Waals surface area contributed by atoms with E-state index in [1.807, 2.05) is 0 Å². The van der Waals surface area contributed by atoms with Gasteiger partial charge in [0.25, 0.3) is 0 Å². The largest absolute Gasteiger partial charge is 0.144 e. The zero-order chi connectivity index (χ0) is 10.5. The molecule has 0 atom stereocenters. The van der Waals surface area contributed by atoms with Gasteiger partial charge in [0, 0.05) is 6.42 Å². The summed E-state index contributed by atoms with van der Waals surface area (Å²) in [4.78, 5) is 0. The summed E-state index contributed by atoms with van der Waals surface area (Å²) in [6, 6.07) is 0. The van der Waals surface area contributed by atoms with Gasteiger partial charge in [-0.3, -0.25) is 0 Å². The Morgan fingerprint density at radius 2 is 1.87 bits per heavy atom. The van der Waals surface area contributed by atoms with Crippen LogP contribution in [0.15, 0.2) is 0 Å². The highest BCUT2D eigenvalue weighted by molar-refractivity contribution is 7.11. The van der Waals surface area contributed by atoms with E-state index in [4.69, 9.17) is 11.6 Å². The Balaban J connectivity index is 1.76. The van der Waals surface area contributed by atoms with Crippen molar-refractivity contribution in [2.45, 2.75) is 50.8 Å². The molecule has 0 saturated heterocycles. The van der Waals surface area contributed by atoms with Crippen LogP contribution in [0.25, 0.3) is 0 Å². The van der Waals surface area contributed by atoms with Crippen LogP contribution in [0.1, 0.15) is 48.5 Å². The van der Waals surface area contributed by atoms with Crippen molar-refractivity contribution >= 4 is 22.9 Å². The summed E-state index contributed by atoms with van der Waals surface area (Å²) in [7, 11) is 0. The molecule has 1 aliphatic rings. The number of hydrogen-bond donors (Lipinski definition) is 0. The molecule has 0 spiro atoms. The number of hydrogen-bond acceptors (Lipinski definition) is 3. The lowest BCUT2D eigenvalue weighted by molar-refractivity contribution is 0.339. The van der Waals surface area contributed by atoms with Gasteiger partial charge in [-0.15, -0.1) is 33.1 Å². The van der Waals surface area contributed by atoms with Gasteiger partial charge in [0.1, 0.15) is 10.0 Å². The van der Waals surface area contributed by atoms with E-state index in [9.17, 15) is 0 Å². The molecule has 1 heterocycles. The average Bonchev–Trinajstić information content (AvgIpc) is 2.76. The average molecular weight is 245 g/mol. The third kappa shape index (κ3) is 3.42. The maximum Gasteiger partial charge on any atom is 0.132 e. The molecule has 1 saturated carbocycles. The second-order valence-corrected chi connectivity index (χ2v) is 5.68.